The molecule has 2 aromatic carbocycles. The summed E-state index contributed by atoms with van der Waals surface area (Å²) in [5, 5.41) is 10.8. The lowest BCUT2D eigenvalue weighted by atomic mass is 10.1. The van der Waals surface area contributed by atoms with Crippen molar-refractivity contribution in [3.05, 3.63) is 47.0 Å². The molecule has 0 aromatic heterocycles. The van der Waals surface area contributed by atoms with E-state index in [0.29, 0.717) is 17.1 Å². The molecule has 0 atom stereocenters. The Morgan fingerprint density at radius 3 is 2.44 bits per heavy atom. The molecule has 0 saturated carbocycles. The van der Waals surface area contributed by atoms with Crippen LogP contribution in [0.4, 0.5) is 5.69 Å². The van der Waals surface area contributed by atoms with Gasteiger partial charge in [-0.1, -0.05) is 11.6 Å². The third kappa shape index (κ3) is 3.82. The van der Waals surface area contributed by atoms with E-state index in [9.17, 15) is 9.90 Å². The second-order valence-corrected chi connectivity index (χ2v) is 6.37. The zero-order chi connectivity index (χ0) is 17.8. The summed E-state index contributed by atoms with van der Waals surface area (Å²) in [4.78, 5) is 13.1. The lowest BCUT2D eigenvalue weighted by Gasteiger charge is -2.34. The van der Waals surface area contributed by atoms with Gasteiger partial charge >= 0.3 is 0 Å². The number of halogens is 1. The minimum atomic E-state index is -0.116. The highest BCUT2D eigenvalue weighted by molar-refractivity contribution is 6.30. The molecule has 1 fully saturated rings. The van der Waals surface area contributed by atoms with Crippen LogP contribution >= 0.6 is 11.6 Å². The highest BCUT2D eigenvalue weighted by atomic mass is 35.5. The number of anilines is 1. The van der Waals surface area contributed by atoms with Gasteiger partial charge in [-0.2, -0.15) is 0 Å². The number of ether oxygens (including phenoxy) is 2. The van der Waals surface area contributed by atoms with E-state index in [-0.39, 0.29) is 17.4 Å². The predicted molar refractivity (Wildman–Crippen MR) is 97.4 cm³/mol. The molecule has 25 heavy (non-hydrogen) atoms. The molecule has 0 bridgehead atoms. The predicted octanol–water partition coefficient (Wildman–Crippen LogP) is 3.91. The summed E-state index contributed by atoms with van der Waals surface area (Å²) in [6.45, 7) is 1.54. The van der Waals surface area contributed by atoms with Gasteiger partial charge < -0.3 is 19.5 Å². The molecule has 0 amide bonds. The molecule has 3 rings (SSSR count). The fourth-order valence-electron chi connectivity index (χ4n) is 3.04. The number of hydrogen-bond donors (Lipinski definition) is 1. The van der Waals surface area contributed by atoms with E-state index in [0.717, 1.165) is 37.4 Å². The number of aromatic hydroxyl groups is 1. The molecule has 132 valence electrons. The molecule has 5 nitrogen and oxygen atoms in total. The Kier molecular flexibility index (Phi) is 5.34. The molecule has 0 aliphatic carbocycles. The molecule has 2 aromatic rings. The van der Waals surface area contributed by atoms with E-state index in [1.54, 1.807) is 6.07 Å². The summed E-state index contributed by atoms with van der Waals surface area (Å²) in [6.07, 6.45) is 2.45. The number of carbonyl (C=O) groups is 1. The third-order valence-corrected chi connectivity index (χ3v) is 4.62. The van der Waals surface area contributed by atoms with Gasteiger partial charge in [0.15, 0.2) is 17.8 Å². The Hall–Kier alpha value is -2.40. The van der Waals surface area contributed by atoms with E-state index in [4.69, 9.17) is 21.1 Å². The number of rotatable bonds is 5. The molecule has 0 unspecified atom stereocenters. The largest absolute Gasteiger partial charge is 0.504 e. The van der Waals surface area contributed by atoms with Crippen molar-refractivity contribution in [3.63, 3.8) is 0 Å². The zero-order valence-electron chi connectivity index (χ0n) is 13.9. The van der Waals surface area contributed by atoms with Gasteiger partial charge in [0.25, 0.3) is 0 Å². The maximum Gasteiger partial charge on any atom is 0.184 e. The van der Waals surface area contributed by atoms with Crippen molar-refractivity contribution in [1.29, 1.82) is 0 Å². The van der Waals surface area contributed by atoms with Crippen LogP contribution in [0.1, 0.15) is 23.2 Å². The van der Waals surface area contributed by atoms with Gasteiger partial charge in [-0.15, -0.1) is 0 Å². The molecular weight excluding hydrogens is 342 g/mol. The SMILES string of the molecule is COc1c(N2CCC(Oc3ccc(Cl)cc3)CC2)ccc(C=O)c1O. The first kappa shape index (κ1) is 17.4. The molecule has 1 aliphatic rings. The van der Waals surface area contributed by atoms with Crippen LogP contribution in [0.5, 0.6) is 17.2 Å². The molecule has 1 aliphatic heterocycles. The monoisotopic (exact) mass is 361 g/mol. The van der Waals surface area contributed by atoms with Crippen molar-refractivity contribution in [2.45, 2.75) is 18.9 Å². The minimum Gasteiger partial charge on any atom is -0.504 e. The van der Waals surface area contributed by atoms with Crippen LogP contribution in [0.25, 0.3) is 0 Å². The van der Waals surface area contributed by atoms with Gasteiger partial charge in [0, 0.05) is 31.0 Å². The van der Waals surface area contributed by atoms with Crippen molar-refractivity contribution in [1.82, 2.24) is 0 Å². The molecule has 0 radical (unpaired) electrons. The Bertz CT molecular complexity index is 740. The zero-order valence-corrected chi connectivity index (χ0v) is 14.7. The van der Waals surface area contributed by atoms with Crippen LogP contribution in [0.15, 0.2) is 36.4 Å². The third-order valence-electron chi connectivity index (χ3n) is 4.37. The first-order chi connectivity index (χ1) is 12.1. The minimum absolute atomic E-state index is 0.116. The van der Waals surface area contributed by atoms with Crippen LogP contribution in [0, 0.1) is 0 Å². The van der Waals surface area contributed by atoms with Gasteiger partial charge in [0.2, 0.25) is 0 Å². The summed E-state index contributed by atoms with van der Waals surface area (Å²) in [5.74, 6) is 1.03. The summed E-state index contributed by atoms with van der Waals surface area (Å²) < 4.78 is 11.3. The lowest BCUT2D eigenvalue weighted by Crippen LogP contribution is -2.38. The fourth-order valence-corrected chi connectivity index (χ4v) is 3.17. The summed E-state index contributed by atoms with van der Waals surface area (Å²) >= 11 is 5.89. The van der Waals surface area contributed by atoms with Crippen LogP contribution in [-0.2, 0) is 0 Å². The summed E-state index contributed by atoms with van der Waals surface area (Å²) in [5.41, 5.74) is 1.01. The highest BCUT2D eigenvalue weighted by Crippen LogP contribution is 2.40. The quantitative estimate of drug-likeness (QED) is 0.818. The first-order valence-electron chi connectivity index (χ1n) is 8.14. The Morgan fingerprint density at radius 2 is 1.84 bits per heavy atom. The van der Waals surface area contributed by atoms with Gasteiger partial charge in [0.1, 0.15) is 11.9 Å². The summed E-state index contributed by atoms with van der Waals surface area (Å²) in [6, 6.07) is 10.8. The molecule has 1 N–H and O–H groups in total. The molecule has 1 saturated heterocycles. The molecule has 0 spiro atoms. The Balaban J connectivity index is 1.67. The van der Waals surface area contributed by atoms with Gasteiger partial charge in [-0.25, -0.2) is 0 Å². The standard InChI is InChI=1S/C19H20ClNO4/c1-24-19-17(7-2-13(12-22)18(19)23)21-10-8-16(9-11-21)25-15-5-3-14(20)4-6-15/h2-7,12,16,23H,8-11H2,1H3. The number of nitrogens with zero attached hydrogens (tertiary/aromatic N) is 1. The lowest BCUT2D eigenvalue weighted by molar-refractivity contribution is 0.112. The van der Waals surface area contributed by atoms with Crippen LogP contribution < -0.4 is 14.4 Å². The molecule has 1 heterocycles. The van der Waals surface area contributed by atoms with Crippen LogP contribution in [-0.4, -0.2) is 37.7 Å². The number of aldehydes is 1. The van der Waals surface area contributed by atoms with Gasteiger partial charge in [0.05, 0.1) is 18.4 Å². The second-order valence-electron chi connectivity index (χ2n) is 5.93. The number of methoxy groups -OCH3 is 1. The van der Waals surface area contributed by atoms with Gasteiger partial charge in [-0.05, 0) is 36.4 Å². The maximum atomic E-state index is 11.0. The van der Waals surface area contributed by atoms with Crippen molar-refractivity contribution in [2.24, 2.45) is 0 Å². The number of benzene rings is 2. The summed E-state index contributed by atoms with van der Waals surface area (Å²) in [7, 11) is 1.49. The van der Waals surface area contributed by atoms with E-state index < -0.39 is 0 Å². The normalized spacial score (nSPS) is 15.0. The van der Waals surface area contributed by atoms with Crippen molar-refractivity contribution in [3.8, 4) is 17.2 Å². The number of hydrogen-bond acceptors (Lipinski definition) is 5. The maximum absolute atomic E-state index is 11.0. The van der Waals surface area contributed by atoms with Crippen molar-refractivity contribution >= 4 is 23.6 Å². The molecular formula is C19H20ClNO4. The smallest absolute Gasteiger partial charge is 0.184 e. The van der Waals surface area contributed by atoms with Crippen molar-refractivity contribution < 1.29 is 19.4 Å². The van der Waals surface area contributed by atoms with E-state index in [1.165, 1.54) is 7.11 Å². The number of carbonyl (C=O) groups excluding carboxylic acids is 1. The highest BCUT2D eigenvalue weighted by Gasteiger charge is 2.24. The first-order valence-corrected chi connectivity index (χ1v) is 8.52. The fraction of sp³-hybridized carbons (Fsp3) is 0.316. The van der Waals surface area contributed by atoms with Crippen LogP contribution in [0.2, 0.25) is 5.02 Å². The van der Waals surface area contributed by atoms with Crippen molar-refractivity contribution in [2.75, 3.05) is 25.1 Å². The van der Waals surface area contributed by atoms with E-state index in [2.05, 4.69) is 4.90 Å². The second kappa shape index (κ2) is 7.66. The van der Waals surface area contributed by atoms with E-state index >= 15 is 0 Å². The number of phenolic OH excluding ortho intramolecular Hbond substituents is 1. The van der Waals surface area contributed by atoms with Crippen LogP contribution in [0.3, 0.4) is 0 Å². The van der Waals surface area contributed by atoms with E-state index in [1.807, 2.05) is 30.3 Å². The Labute approximate surface area is 151 Å². The number of piperidine rings is 1. The average molecular weight is 362 g/mol. The topological polar surface area (TPSA) is 59.0 Å². The average Bonchev–Trinajstić information content (AvgIpc) is 2.64. The van der Waals surface area contributed by atoms with Gasteiger partial charge in [-0.3, -0.25) is 4.79 Å². The molecule has 6 heteroatoms. The number of phenols is 1. The Morgan fingerprint density at radius 1 is 1.16 bits per heavy atom.